The molecule has 0 spiro atoms. The minimum absolute atomic E-state index is 0.196. The van der Waals surface area contributed by atoms with E-state index >= 15 is 0 Å². The Hall–Kier alpha value is -2.43. The van der Waals surface area contributed by atoms with Crippen LogP contribution in [-0.4, -0.2) is 15.7 Å². The van der Waals surface area contributed by atoms with Crippen LogP contribution in [0.3, 0.4) is 0 Å². The molecular weight excluding hydrogens is 257 g/mol. The van der Waals surface area contributed by atoms with E-state index in [1.54, 1.807) is 29.1 Å². The van der Waals surface area contributed by atoms with Crippen LogP contribution in [0.15, 0.2) is 42.7 Å². The summed E-state index contributed by atoms with van der Waals surface area (Å²) in [5.41, 5.74) is 1.73. The van der Waals surface area contributed by atoms with Crippen LogP contribution in [0.25, 0.3) is 6.08 Å². The highest BCUT2D eigenvalue weighted by Gasteiger charge is 1.99. The first kappa shape index (κ1) is 14.0. The molecule has 0 saturated heterocycles. The van der Waals surface area contributed by atoms with Gasteiger partial charge in [0.25, 0.3) is 0 Å². The summed E-state index contributed by atoms with van der Waals surface area (Å²) in [6, 6.07) is 5.95. The Bertz CT molecular complexity index is 602. The van der Waals surface area contributed by atoms with Crippen molar-refractivity contribution in [2.75, 3.05) is 0 Å². The fourth-order valence-electron chi connectivity index (χ4n) is 1.66. The molecule has 5 heteroatoms. The first-order chi connectivity index (χ1) is 9.67. The van der Waals surface area contributed by atoms with Crippen LogP contribution in [0.1, 0.15) is 18.1 Å². The van der Waals surface area contributed by atoms with Gasteiger partial charge in [-0.2, -0.15) is 5.10 Å². The summed E-state index contributed by atoms with van der Waals surface area (Å²) in [6.45, 7) is 3.24. The number of carbonyl (C=O) groups is 1. The molecule has 0 fully saturated rings. The summed E-state index contributed by atoms with van der Waals surface area (Å²) < 4.78 is 14.5. The van der Waals surface area contributed by atoms with Crippen molar-refractivity contribution in [3.8, 4) is 0 Å². The molecule has 20 heavy (non-hydrogen) atoms. The molecule has 0 radical (unpaired) electrons. The van der Waals surface area contributed by atoms with Gasteiger partial charge in [-0.1, -0.05) is 12.1 Å². The zero-order chi connectivity index (χ0) is 14.4. The van der Waals surface area contributed by atoms with E-state index < -0.39 is 0 Å². The summed E-state index contributed by atoms with van der Waals surface area (Å²) in [5.74, 6) is -0.488. The van der Waals surface area contributed by atoms with Gasteiger partial charge in [-0.25, -0.2) is 4.39 Å². The molecule has 1 N–H and O–H groups in total. The number of aromatic nitrogens is 2. The number of benzene rings is 1. The highest BCUT2D eigenvalue weighted by Crippen LogP contribution is 2.04. The van der Waals surface area contributed by atoms with Gasteiger partial charge in [-0.05, 0) is 30.7 Å². The molecule has 1 aromatic carbocycles. The zero-order valence-electron chi connectivity index (χ0n) is 11.2. The Kier molecular flexibility index (Phi) is 4.65. The molecule has 1 aromatic heterocycles. The molecule has 0 aliphatic rings. The highest BCUT2D eigenvalue weighted by molar-refractivity contribution is 5.91. The van der Waals surface area contributed by atoms with Gasteiger partial charge in [0.05, 0.1) is 6.20 Å². The van der Waals surface area contributed by atoms with Crippen molar-refractivity contribution >= 4 is 12.0 Å². The van der Waals surface area contributed by atoms with E-state index in [0.717, 1.165) is 17.7 Å². The van der Waals surface area contributed by atoms with Crippen molar-refractivity contribution in [1.82, 2.24) is 15.1 Å². The standard InChI is InChI=1S/C15H16FN3O/c1-2-19-11-13(10-18-19)9-17-15(20)8-5-12-3-6-14(16)7-4-12/h3-8,10-11H,2,9H2,1H3,(H,17,20)/b8-5+. The maximum atomic E-state index is 12.7. The smallest absolute Gasteiger partial charge is 0.244 e. The SMILES string of the molecule is CCn1cc(CNC(=O)/C=C/c2ccc(F)cc2)cn1. The number of hydrogen-bond acceptors (Lipinski definition) is 2. The molecule has 0 bridgehead atoms. The number of halogens is 1. The van der Waals surface area contributed by atoms with Crippen molar-refractivity contribution in [1.29, 1.82) is 0 Å². The summed E-state index contributed by atoms with van der Waals surface area (Å²) in [7, 11) is 0. The number of nitrogens with one attached hydrogen (secondary N) is 1. The topological polar surface area (TPSA) is 46.9 Å². The monoisotopic (exact) mass is 273 g/mol. The lowest BCUT2D eigenvalue weighted by Crippen LogP contribution is -2.19. The van der Waals surface area contributed by atoms with E-state index in [0.29, 0.717) is 6.54 Å². The third kappa shape index (κ3) is 4.05. The molecular formula is C15H16FN3O. The number of amides is 1. The fourth-order valence-corrected chi connectivity index (χ4v) is 1.66. The van der Waals surface area contributed by atoms with Crippen LogP contribution in [0.4, 0.5) is 4.39 Å². The van der Waals surface area contributed by atoms with Crippen molar-refractivity contribution in [2.24, 2.45) is 0 Å². The first-order valence-corrected chi connectivity index (χ1v) is 6.40. The van der Waals surface area contributed by atoms with E-state index in [1.165, 1.54) is 18.2 Å². The van der Waals surface area contributed by atoms with E-state index in [-0.39, 0.29) is 11.7 Å². The Balaban J connectivity index is 1.84. The second kappa shape index (κ2) is 6.65. The van der Waals surface area contributed by atoms with Gasteiger partial charge >= 0.3 is 0 Å². The van der Waals surface area contributed by atoms with Crippen LogP contribution >= 0.6 is 0 Å². The molecule has 1 amide bonds. The van der Waals surface area contributed by atoms with Gasteiger partial charge in [-0.3, -0.25) is 9.48 Å². The quantitative estimate of drug-likeness (QED) is 0.850. The van der Waals surface area contributed by atoms with Gasteiger partial charge in [0.2, 0.25) is 5.91 Å². The minimum Gasteiger partial charge on any atom is -0.348 e. The van der Waals surface area contributed by atoms with E-state index in [4.69, 9.17) is 0 Å². The summed E-state index contributed by atoms with van der Waals surface area (Å²) in [4.78, 5) is 11.6. The molecule has 0 atom stereocenters. The maximum absolute atomic E-state index is 12.7. The second-order valence-corrected chi connectivity index (χ2v) is 4.31. The van der Waals surface area contributed by atoms with E-state index in [9.17, 15) is 9.18 Å². The van der Waals surface area contributed by atoms with Gasteiger partial charge in [-0.15, -0.1) is 0 Å². The van der Waals surface area contributed by atoms with Crippen LogP contribution in [-0.2, 0) is 17.9 Å². The fraction of sp³-hybridized carbons (Fsp3) is 0.200. The molecule has 0 aliphatic heterocycles. The number of carbonyl (C=O) groups excluding carboxylic acids is 1. The lowest BCUT2D eigenvalue weighted by atomic mass is 10.2. The van der Waals surface area contributed by atoms with Gasteiger partial charge in [0, 0.05) is 30.9 Å². The molecule has 104 valence electrons. The highest BCUT2D eigenvalue weighted by atomic mass is 19.1. The van der Waals surface area contributed by atoms with Crippen molar-refractivity contribution in [3.05, 3.63) is 59.7 Å². The summed E-state index contributed by atoms with van der Waals surface area (Å²) in [5, 5.41) is 6.89. The number of nitrogens with zero attached hydrogens (tertiary/aromatic N) is 2. The zero-order valence-corrected chi connectivity index (χ0v) is 11.2. The summed E-state index contributed by atoms with van der Waals surface area (Å²) in [6.07, 6.45) is 6.69. The maximum Gasteiger partial charge on any atom is 0.244 e. The molecule has 0 unspecified atom stereocenters. The lowest BCUT2D eigenvalue weighted by molar-refractivity contribution is -0.116. The molecule has 2 rings (SSSR count). The normalized spacial score (nSPS) is 10.9. The largest absolute Gasteiger partial charge is 0.348 e. The molecule has 2 aromatic rings. The predicted molar refractivity (Wildman–Crippen MR) is 75.2 cm³/mol. The molecule has 4 nitrogen and oxygen atoms in total. The van der Waals surface area contributed by atoms with Crippen LogP contribution in [0, 0.1) is 5.82 Å². The van der Waals surface area contributed by atoms with E-state index in [1.807, 2.05) is 13.1 Å². The van der Waals surface area contributed by atoms with Crippen LogP contribution in [0.2, 0.25) is 0 Å². The van der Waals surface area contributed by atoms with E-state index in [2.05, 4.69) is 10.4 Å². The Morgan fingerprint density at radius 2 is 2.15 bits per heavy atom. The second-order valence-electron chi connectivity index (χ2n) is 4.31. The number of rotatable bonds is 5. The van der Waals surface area contributed by atoms with Crippen molar-refractivity contribution in [2.45, 2.75) is 20.0 Å². The average Bonchev–Trinajstić information content (AvgIpc) is 2.92. The Morgan fingerprint density at radius 3 is 2.80 bits per heavy atom. The lowest BCUT2D eigenvalue weighted by Gasteiger charge is -1.99. The molecule has 0 saturated carbocycles. The summed E-state index contributed by atoms with van der Waals surface area (Å²) >= 11 is 0. The van der Waals surface area contributed by atoms with Gasteiger partial charge < -0.3 is 5.32 Å². The number of hydrogen-bond donors (Lipinski definition) is 1. The van der Waals surface area contributed by atoms with Gasteiger partial charge in [0.15, 0.2) is 0 Å². The van der Waals surface area contributed by atoms with Gasteiger partial charge in [0.1, 0.15) is 5.82 Å². The minimum atomic E-state index is -0.292. The third-order valence-corrected chi connectivity index (χ3v) is 2.77. The van der Waals surface area contributed by atoms with Crippen molar-refractivity contribution < 1.29 is 9.18 Å². The molecule has 1 heterocycles. The van der Waals surface area contributed by atoms with Crippen LogP contribution in [0.5, 0.6) is 0 Å². The van der Waals surface area contributed by atoms with Crippen LogP contribution < -0.4 is 5.32 Å². The predicted octanol–water partition coefficient (Wildman–Crippen LogP) is 2.37. The molecule has 0 aliphatic carbocycles. The Morgan fingerprint density at radius 1 is 1.40 bits per heavy atom. The Labute approximate surface area is 116 Å². The van der Waals surface area contributed by atoms with Crippen molar-refractivity contribution in [3.63, 3.8) is 0 Å². The number of aryl methyl sites for hydroxylation is 1. The average molecular weight is 273 g/mol. The first-order valence-electron chi connectivity index (χ1n) is 6.40. The third-order valence-electron chi connectivity index (χ3n) is 2.77.